The van der Waals surface area contributed by atoms with Crippen molar-refractivity contribution in [2.75, 3.05) is 185 Å². The minimum absolute atomic E-state index is 0.0428. The normalized spacial score (nSPS) is 13.3. The van der Waals surface area contributed by atoms with Gasteiger partial charge in [0.2, 0.25) is 35.4 Å². The second-order valence-electron chi connectivity index (χ2n) is 39.0. The first-order valence-corrected chi connectivity index (χ1v) is 43.0. The van der Waals surface area contributed by atoms with E-state index in [4.69, 9.17) is 61.6 Å². The van der Waals surface area contributed by atoms with E-state index in [0.717, 1.165) is 25.7 Å². The molecule has 0 saturated heterocycles. The standard InChI is InChI=1S/C88H171N7O20/c1-69(2)94(76(100)84(19,20)34-32-79(6,7)8)86(23,24)39-50-106-54-44-92-75(99)82(15,16)37-49-105-53-43-90-73(97)31-48-104-58-62-110-66-68-112-64-60-108-56-46-93(78(102)115-81(12,13)14)45-55-107-59-63-111-67-65-109-61-57-103-47-30-72(96)89-42-36-88(27,28)114-52-38-83(17,18)74(98)91-41-29-71(5)113-51-40-87(25,26)95(70(3)4)77(101)85(21,22)35-33-80(9,10)11/h69-71H,29-68H2,1-28H3,(H,89,96)(H,90,97)(H,91,98)(H,92,99). The summed E-state index contributed by atoms with van der Waals surface area (Å²) in [6, 6.07) is 0.0990. The lowest BCUT2D eigenvalue weighted by Gasteiger charge is -2.46. The van der Waals surface area contributed by atoms with E-state index in [0.29, 0.717) is 197 Å². The monoisotopic (exact) mass is 1650 g/mol. The molecule has 7 amide bonds. The molecule has 1 unspecified atom stereocenters. The lowest BCUT2D eigenvalue weighted by atomic mass is 9.78. The van der Waals surface area contributed by atoms with Gasteiger partial charge in [-0.25, -0.2) is 4.79 Å². The summed E-state index contributed by atoms with van der Waals surface area (Å²) in [5.74, 6) is -0.0508. The summed E-state index contributed by atoms with van der Waals surface area (Å²) < 4.78 is 74.9. The van der Waals surface area contributed by atoms with Crippen molar-refractivity contribution in [3.63, 3.8) is 0 Å². The van der Waals surface area contributed by atoms with Crippen molar-refractivity contribution >= 4 is 41.5 Å². The number of amides is 7. The third-order valence-electron chi connectivity index (χ3n) is 20.1. The first-order valence-electron chi connectivity index (χ1n) is 43.0. The van der Waals surface area contributed by atoms with E-state index < -0.39 is 44.5 Å². The van der Waals surface area contributed by atoms with E-state index >= 15 is 0 Å². The number of ether oxygens (including phenoxy) is 13. The molecule has 0 aliphatic rings. The highest BCUT2D eigenvalue weighted by molar-refractivity contribution is 5.84. The zero-order valence-corrected chi connectivity index (χ0v) is 78.0. The summed E-state index contributed by atoms with van der Waals surface area (Å²) in [4.78, 5) is 97.5. The highest BCUT2D eigenvalue weighted by Crippen LogP contribution is 2.38. The van der Waals surface area contributed by atoms with Crippen LogP contribution >= 0.6 is 0 Å². The van der Waals surface area contributed by atoms with Gasteiger partial charge in [-0.05, 0) is 172 Å². The molecule has 4 N–H and O–H groups in total. The van der Waals surface area contributed by atoms with Crippen LogP contribution in [0, 0.1) is 32.5 Å². The highest BCUT2D eigenvalue weighted by atomic mass is 16.6. The Morgan fingerprint density at radius 3 is 1.03 bits per heavy atom. The van der Waals surface area contributed by atoms with Gasteiger partial charge in [-0.1, -0.05) is 96.9 Å². The van der Waals surface area contributed by atoms with Crippen LogP contribution in [0.1, 0.15) is 271 Å². The molecule has 1 atom stereocenters. The Balaban J connectivity index is 4.17. The Kier molecular flexibility index (Phi) is 54.1. The molecule has 0 fully saturated rings. The fraction of sp³-hybridized carbons (Fsp3) is 0.920. The average Bonchev–Trinajstić information content (AvgIpc) is 0.800. The SMILES string of the molecule is CC(CCNC(=O)C(C)(C)CCOC(C)(C)CCNC(=O)CCOCCOCCOCCOCCN(CCOCCOCCOCCOCCC(=O)NCCOCCC(C)(C)C(=O)NCCOCCC(C)(C)N(C(=O)C(C)(C)CCC(C)(C)C)C(C)C)C(=O)OC(C)(C)C)OCCC(C)(C)N(C(=O)C(C)(C)CCC(C)(C)C)C(C)C. The Bertz CT molecular complexity index is 2670. The molecule has 678 valence electrons. The summed E-state index contributed by atoms with van der Waals surface area (Å²) >= 11 is 0. The third-order valence-corrected chi connectivity index (χ3v) is 20.1. The van der Waals surface area contributed by atoms with Crippen molar-refractivity contribution in [3.05, 3.63) is 0 Å². The molecule has 27 heteroatoms. The summed E-state index contributed by atoms with van der Waals surface area (Å²) in [6.45, 7) is 67.1. The molecular formula is C88H171N7O20. The van der Waals surface area contributed by atoms with Crippen LogP contribution < -0.4 is 21.3 Å². The number of carbonyl (C=O) groups excluding carboxylic acids is 7. The maximum absolute atomic E-state index is 13.9. The van der Waals surface area contributed by atoms with E-state index in [1.807, 2.05) is 79.0 Å². The van der Waals surface area contributed by atoms with Crippen molar-refractivity contribution in [2.45, 2.75) is 311 Å². The Morgan fingerprint density at radius 1 is 0.313 bits per heavy atom. The van der Waals surface area contributed by atoms with Gasteiger partial charge in [0, 0.05) is 123 Å². The van der Waals surface area contributed by atoms with Gasteiger partial charge in [0.1, 0.15) is 5.60 Å². The first kappa shape index (κ1) is 111. The summed E-state index contributed by atoms with van der Waals surface area (Å²) in [5, 5.41) is 11.8. The van der Waals surface area contributed by atoms with Crippen LogP contribution in [0.2, 0.25) is 0 Å². The summed E-state index contributed by atoms with van der Waals surface area (Å²) in [6.07, 6.45) is 7.14. The van der Waals surface area contributed by atoms with Gasteiger partial charge in [0.05, 0.1) is 131 Å². The number of hydrogen-bond donors (Lipinski definition) is 4. The molecular weight excluding hydrogens is 1470 g/mol. The number of hydrogen-bond acceptors (Lipinski definition) is 20. The van der Waals surface area contributed by atoms with Crippen molar-refractivity contribution < 1.29 is 95.1 Å². The minimum Gasteiger partial charge on any atom is -0.444 e. The van der Waals surface area contributed by atoms with Crippen LogP contribution in [0.4, 0.5) is 4.79 Å². The molecule has 115 heavy (non-hydrogen) atoms. The summed E-state index contributed by atoms with van der Waals surface area (Å²) in [7, 11) is 0. The summed E-state index contributed by atoms with van der Waals surface area (Å²) in [5.41, 5.74) is -3.90. The van der Waals surface area contributed by atoms with Gasteiger partial charge >= 0.3 is 6.09 Å². The van der Waals surface area contributed by atoms with Crippen molar-refractivity contribution in [3.8, 4) is 0 Å². The Hall–Kier alpha value is -4.39. The molecule has 0 aromatic rings. The zero-order valence-electron chi connectivity index (χ0n) is 78.0. The van der Waals surface area contributed by atoms with Gasteiger partial charge in [-0.2, -0.15) is 0 Å². The van der Waals surface area contributed by atoms with Crippen LogP contribution in [0.5, 0.6) is 0 Å². The van der Waals surface area contributed by atoms with Crippen LogP contribution in [0.3, 0.4) is 0 Å². The van der Waals surface area contributed by atoms with Crippen LogP contribution in [-0.2, 0) is 90.3 Å². The molecule has 0 aromatic heterocycles. The quantitative estimate of drug-likeness (QED) is 0.0411. The van der Waals surface area contributed by atoms with Gasteiger partial charge in [0.15, 0.2) is 0 Å². The zero-order chi connectivity index (χ0) is 87.8. The maximum Gasteiger partial charge on any atom is 0.410 e. The van der Waals surface area contributed by atoms with E-state index in [9.17, 15) is 33.6 Å². The topological polar surface area (TPSA) is 297 Å². The second-order valence-corrected chi connectivity index (χ2v) is 39.0. The van der Waals surface area contributed by atoms with Gasteiger partial charge in [-0.15, -0.1) is 0 Å². The minimum atomic E-state index is -0.673. The predicted molar refractivity (Wildman–Crippen MR) is 455 cm³/mol. The van der Waals surface area contributed by atoms with Crippen molar-refractivity contribution in [1.29, 1.82) is 0 Å². The Labute approximate surface area is 698 Å². The van der Waals surface area contributed by atoms with E-state index in [2.05, 4.69) is 146 Å². The predicted octanol–water partition coefficient (Wildman–Crippen LogP) is 13.0. The van der Waals surface area contributed by atoms with E-state index in [1.54, 1.807) is 4.90 Å². The fourth-order valence-electron chi connectivity index (χ4n) is 12.1. The molecule has 27 nitrogen and oxygen atoms in total. The average molecular weight is 1650 g/mol. The number of rotatable bonds is 68. The molecule has 0 aromatic carbocycles. The van der Waals surface area contributed by atoms with Gasteiger partial charge < -0.3 is 97.5 Å². The first-order chi connectivity index (χ1) is 53.2. The Morgan fingerprint density at radius 2 is 0.643 bits per heavy atom. The van der Waals surface area contributed by atoms with Gasteiger partial charge in [0.25, 0.3) is 0 Å². The fourth-order valence-corrected chi connectivity index (χ4v) is 12.1. The van der Waals surface area contributed by atoms with Crippen LogP contribution in [0.25, 0.3) is 0 Å². The van der Waals surface area contributed by atoms with Crippen molar-refractivity contribution in [1.82, 2.24) is 36.0 Å². The number of carbonyl (C=O) groups is 7. The molecule has 0 aliphatic carbocycles. The lowest BCUT2D eigenvalue weighted by molar-refractivity contribution is -0.151. The smallest absolute Gasteiger partial charge is 0.410 e. The molecule has 0 spiro atoms. The third kappa shape index (κ3) is 54.5. The molecule has 0 saturated carbocycles. The number of nitrogens with one attached hydrogen (secondary N) is 4. The lowest BCUT2D eigenvalue weighted by Crippen LogP contribution is -2.56. The van der Waals surface area contributed by atoms with E-state index in [1.165, 1.54) is 0 Å². The maximum atomic E-state index is 13.9. The van der Waals surface area contributed by atoms with Gasteiger partial charge in [-0.3, -0.25) is 28.8 Å². The molecule has 0 heterocycles. The second kappa shape index (κ2) is 56.3. The van der Waals surface area contributed by atoms with Crippen LogP contribution in [-0.4, -0.2) is 281 Å². The number of nitrogens with zero attached hydrogens (tertiary/aromatic N) is 3. The van der Waals surface area contributed by atoms with Crippen molar-refractivity contribution in [2.24, 2.45) is 32.5 Å². The van der Waals surface area contributed by atoms with E-state index in [-0.39, 0.29) is 109 Å². The highest BCUT2D eigenvalue weighted by Gasteiger charge is 2.43. The molecule has 0 radical (unpaired) electrons. The van der Waals surface area contributed by atoms with Crippen LogP contribution in [0.15, 0.2) is 0 Å². The molecule has 0 rings (SSSR count). The largest absolute Gasteiger partial charge is 0.444 e. The molecule has 0 bridgehead atoms. The molecule has 0 aliphatic heterocycles.